The predicted octanol–water partition coefficient (Wildman–Crippen LogP) is 1.94. The van der Waals surface area contributed by atoms with Crippen LogP contribution in [0.2, 0.25) is 0 Å². The molecule has 2 aliphatic rings. The van der Waals surface area contributed by atoms with Crippen molar-refractivity contribution in [2.24, 2.45) is 5.92 Å². The first-order valence-electron chi connectivity index (χ1n) is 5.70. The highest BCUT2D eigenvalue weighted by Crippen LogP contribution is 2.37. The van der Waals surface area contributed by atoms with Gasteiger partial charge in [0.05, 0.1) is 12.2 Å². The van der Waals surface area contributed by atoms with Gasteiger partial charge in [-0.05, 0) is 45.1 Å². The second kappa shape index (κ2) is 3.97. The molecule has 0 aromatic rings. The number of nitrogens with one attached hydrogen (secondary N) is 1. The molecule has 1 aliphatic heterocycles. The van der Waals surface area contributed by atoms with E-state index in [2.05, 4.69) is 19.2 Å². The minimum Gasteiger partial charge on any atom is -0.374 e. The van der Waals surface area contributed by atoms with E-state index < -0.39 is 0 Å². The Hall–Kier alpha value is -0.0800. The Labute approximate surface area is 81.0 Å². The van der Waals surface area contributed by atoms with Gasteiger partial charge >= 0.3 is 0 Å². The summed E-state index contributed by atoms with van der Waals surface area (Å²) in [5.41, 5.74) is 0. The Bertz CT molecular complexity index is 167. The van der Waals surface area contributed by atoms with Crippen molar-refractivity contribution in [2.75, 3.05) is 6.54 Å². The maximum absolute atomic E-state index is 5.91. The molecule has 1 heterocycles. The topological polar surface area (TPSA) is 21.3 Å². The van der Waals surface area contributed by atoms with Gasteiger partial charge in [0.2, 0.25) is 0 Å². The van der Waals surface area contributed by atoms with E-state index in [-0.39, 0.29) is 0 Å². The summed E-state index contributed by atoms with van der Waals surface area (Å²) in [5, 5.41) is 3.58. The van der Waals surface area contributed by atoms with Gasteiger partial charge in [-0.3, -0.25) is 0 Å². The number of rotatable bonds is 4. The smallest absolute Gasteiger partial charge is 0.0735 e. The number of likely N-dealkylation sites (N-methyl/N-ethyl adjacent to an activating group) is 1. The van der Waals surface area contributed by atoms with E-state index >= 15 is 0 Å². The van der Waals surface area contributed by atoms with E-state index in [1.165, 1.54) is 25.7 Å². The normalized spacial score (nSPS) is 36.5. The third-order valence-corrected chi connectivity index (χ3v) is 3.24. The van der Waals surface area contributed by atoms with Gasteiger partial charge in [-0.15, -0.1) is 0 Å². The molecule has 1 saturated carbocycles. The molecule has 1 N–H and O–H groups in total. The molecule has 13 heavy (non-hydrogen) atoms. The highest BCUT2D eigenvalue weighted by molar-refractivity contribution is 4.93. The largest absolute Gasteiger partial charge is 0.374 e. The standard InChI is InChI=1S/C11H21NO/c1-3-12-11(9-5-6-9)10-7-4-8(2)13-10/h8-12H,3-7H2,1-2H3. The monoisotopic (exact) mass is 183 g/mol. The molecule has 3 atom stereocenters. The van der Waals surface area contributed by atoms with Crippen molar-refractivity contribution in [1.82, 2.24) is 5.32 Å². The van der Waals surface area contributed by atoms with Crippen LogP contribution < -0.4 is 5.32 Å². The predicted molar refractivity (Wildman–Crippen MR) is 53.8 cm³/mol. The second-order valence-corrected chi connectivity index (χ2v) is 4.48. The van der Waals surface area contributed by atoms with Crippen LogP contribution in [0.25, 0.3) is 0 Å². The number of hydrogen-bond acceptors (Lipinski definition) is 2. The maximum Gasteiger partial charge on any atom is 0.0735 e. The summed E-state index contributed by atoms with van der Waals surface area (Å²) >= 11 is 0. The van der Waals surface area contributed by atoms with Gasteiger partial charge in [0.25, 0.3) is 0 Å². The lowest BCUT2D eigenvalue weighted by Crippen LogP contribution is -2.41. The van der Waals surface area contributed by atoms with Gasteiger partial charge in [-0.2, -0.15) is 0 Å². The molecule has 2 heteroatoms. The van der Waals surface area contributed by atoms with Crippen LogP contribution in [0.3, 0.4) is 0 Å². The van der Waals surface area contributed by atoms with Gasteiger partial charge in [0.15, 0.2) is 0 Å². The van der Waals surface area contributed by atoms with Crippen LogP contribution >= 0.6 is 0 Å². The van der Waals surface area contributed by atoms with Gasteiger partial charge in [0.1, 0.15) is 0 Å². The van der Waals surface area contributed by atoms with Crippen LogP contribution in [0, 0.1) is 5.92 Å². The molecule has 2 nitrogen and oxygen atoms in total. The third kappa shape index (κ3) is 2.23. The van der Waals surface area contributed by atoms with Gasteiger partial charge in [-0.25, -0.2) is 0 Å². The average molecular weight is 183 g/mol. The van der Waals surface area contributed by atoms with E-state index in [9.17, 15) is 0 Å². The minimum absolute atomic E-state index is 0.491. The summed E-state index contributed by atoms with van der Waals surface area (Å²) in [5.74, 6) is 0.912. The van der Waals surface area contributed by atoms with Gasteiger partial charge in [0, 0.05) is 6.04 Å². The van der Waals surface area contributed by atoms with Crippen molar-refractivity contribution in [3.05, 3.63) is 0 Å². The molecule has 0 amide bonds. The van der Waals surface area contributed by atoms with Crippen LogP contribution in [0.4, 0.5) is 0 Å². The fourth-order valence-electron chi connectivity index (χ4n) is 2.39. The molecule has 0 aromatic heterocycles. The quantitative estimate of drug-likeness (QED) is 0.719. The lowest BCUT2D eigenvalue weighted by molar-refractivity contribution is 0.0273. The highest BCUT2D eigenvalue weighted by atomic mass is 16.5. The molecule has 2 rings (SSSR count). The van der Waals surface area contributed by atoms with Gasteiger partial charge < -0.3 is 10.1 Å². The van der Waals surface area contributed by atoms with E-state index in [4.69, 9.17) is 4.74 Å². The van der Waals surface area contributed by atoms with Crippen molar-refractivity contribution in [3.63, 3.8) is 0 Å². The molecule has 0 aromatic carbocycles. The zero-order valence-corrected chi connectivity index (χ0v) is 8.75. The summed E-state index contributed by atoms with van der Waals surface area (Å²) in [6, 6.07) is 0.648. The van der Waals surface area contributed by atoms with Gasteiger partial charge in [-0.1, -0.05) is 6.92 Å². The zero-order valence-electron chi connectivity index (χ0n) is 8.75. The maximum atomic E-state index is 5.91. The number of hydrogen-bond donors (Lipinski definition) is 1. The van der Waals surface area contributed by atoms with Crippen molar-refractivity contribution < 1.29 is 4.74 Å². The van der Waals surface area contributed by atoms with Crippen molar-refractivity contribution in [3.8, 4) is 0 Å². The molecule has 0 radical (unpaired) electrons. The van der Waals surface area contributed by atoms with Crippen LogP contribution in [0.1, 0.15) is 39.5 Å². The molecular weight excluding hydrogens is 162 g/mol. The summed E-state index contributed by atoms with van der Waals surface area (Å²) in [6.45, 7) is 5.46. The Morgan fingerprint density at radius 2 is 2.08 bits per heavy atom. The summed E-state index contributed by atoms with van der Waals surface area (Å²) in [4.78, 5) is 0. The molecule has 3 unspecified atom stereocenters. The molecule has 1 aliphatic carbocycles. The Morgan fingerprint density at radius 3 is 2.54 bits per heavy atom. The Morgan fingerprint density at radius 1 is 1.31 bits per heavy atom. The second-order valence-electron chi connectivity index (χ2n) is 4.48. The summed E-state index contributed by atoms with van der Waals surface area (Å²) in [7, 11) is 0. The lowest BCUT2D eigenvalue weighted by Gasteiger charge is -2.24. The Kier molecular flexibility index (Phi) is 2.89. The fourth-order valence-corrected chi connectivity index (χ4v) is 2.39. The molecule has 2 fully saturated rings. The van der Waals surface area contributed by atoms with Crippen molar-refractivity contribution >= 4 is 0 Å². The van der Waals surface area contributed by atoms with Crippen molar-refractivity contribution in [1.29, 1.82) is 0 Å². The molecule has 76 valence electrons. The van der Waals surface area contributed by atoms with Crippen LogP contribution in [-0.2, 0) is 4.74 Å². The first kappa shape index (κ1) is 9.47. The molecule has 0 bridgehead atoms. The first-order valence-corrected chi connectivity index (χ1v) is 5.70. The highest BCUT2D eigenvalue weighted by Gasteiger charge is 2.39. The van der Waals surface area contributed by atoms with Crippen LogP contribution in [0.5, 0.6) is 0 Å². The van der Waals surface area contributed by atoms with E-state index in [1.54, 1.807) is 0 Å². The minimum atomic E-state index is 0.491. The first-order chi connectivity index (χ1) is 6.31. The molecular formula is C11H21NO. The number of ether oxygens (including phenoxy) is 1. The van der Waals surface area contributed by atoms with E-state index in [1.807, 2.05) is 0 Å². The third-order valence-electron chi connectivity index (χ3n) is 3.24. The molecule has 0 spiro atoms. The molecule has 1 saturated heterocycles. The van der Waals surface area contributed by atoms with E-state index in [0.29, 0.717) is 18.2 Å². The summed E-state index contributed by atoms with van der Waals surface area (Å²) in [6.07, 6.45) is 6.32. The lowest BCUT2D eigenvalue weighted by atomic mass is 10.0. The summed E-state index contributed by atoms with van der Waals surface area (Å²) < 4.78 is 5.91. The Balaban J connectivity index is 1.87. The van der Waals surface area contributed by atoms with Crippen LogP contribution in [-0.4, -0.2) is 24.8 Å². The van der Waals surface area contributed by atoms with Crippen molar-refractivity contribution in [2.45, 2.75) is 57.8 Å². The average Bonchev–Trinajstić information content (AvgIpc) is 2.85. The zero-order chi connectivity index (χ0) is 9.26. The SMILES string of the molecule is CCNC(C1CC1)C1CCC(C)O1. The van der Waals surface area contributed by atoms with E-state index in [0.717, 1.165) is 12.5 Å². The van der Waals surface area contributed by atoms with Crippen LogP contribution in [0.15, 0.2) is 0 Å². The fraction of sp³-hybridized carbons (Fsp3) is 1.00.